The minimum Gasteiger partial charge on any atom is -0.481 e. The molecule has 0 saturated heterocycles. The lowest BCUT2D eigenvalue weighted by molar-refractivity contribution is -0.138. The zero-order valence-electron chi connectivity index (χ0n) is 19.2. The fraction of sp³-hybridized carbons (Fsp3) is 0.370. The first-order valence-corrected chi connectivity index (χ1v) is 12.4. The number of aromatic nitrogens is 1. The summed E-state index contributed by atoms with van der Waals surface area (Å²) in [5, 5.41) is 10.6. The van der Waals surface area contributed by atoms with E-state index in [0.29, 0.717) is 16.5 Å². The molecule has 0 amide bonds. The van der Waals surface area contributed by atoms with Gasteiger partial charge in [-0.05, 0) is 73.2 Å². The molecule has 2 aromatic carbocycles. The lowest BCUT2D eigenvalue weighted by Crippen LogP contribution is -2.21. The third-order valence-corrected chi connectivity index (χ3v) is 7.22. The van der Waals surface area contributed by atoms with Crippen LogP contribution in [0.2, 0.25) is 10.0 Å². The molecule has 1 N–H and O–H groups in total. The molecule has 1 unspecified atom stereocenters. The maximum Gasteiger partial charge on any atom is 0.416 e. The zero-order chi connectivity index (χ0) is 25.3. The van der Waals surface area contributed by atoms with Gasteiger partial charge in [-0.3, -0.25) is 4.79 Å². The molecular weight excluding hydrogens is 498 g/mol. The molecule has 3 aromatic rings. The number of aryl methyl sites for hydroxylation is 1. The van der Waals surface area contributed by atoms with Crippen molar-refractivity contribution in [2.75, 3.05) is 0 Å². The van der Waals surface area contributed by atoms with Crippen LogP contribution in [-0.2, 0) is 17.4 Å². The predicted molar refractivity (Wildman–Crippen MR) is 132 cm³/mol. The van der Waals surface area contributed by atoms with E-state index in [-0.39, 0.29) is 18.4 Å². The maximum atomic E-state index is 13.2. The largest absolute Gasteiger partial charge is 0.481 e. The molecule has 186 valence electrons. The molecule has 0 bridgehead atoms. The molecule has 0 saturated carbocycles. The molecule has 1 aliphatic rings. The quantitative estimate of drug-likeness (QED) is 0.336. The first-order valence-electron chi connectivity index (χ1n) is 11.7. The second-order valence-corrected chi connectivity index (χ2v) is 9.89. The molecule has 1 aliphatic carbocycles. The van der Waals surface area contributed by atoms with Crippen molar-refractivity contribution in [1.82, 2.24) is 4.57 Å². The molecule has 0 aliphatic heterocycles. The third kappa shape index (κ3) is 5.39. The Labute approximate surface area is 212 Å². The Bertz CT molecular complexity index is 1220. The number of halogens is 5. The number of carboxylic acid groups (broad SMARTS) is 1. The highest BCUT2D eigenvalue weighted by atomic mass is 35.5. The van der Waals surface area contributed by atoms with Gasteiger partial charge < -0.3 is 9.67 Å². The van der Waals surface area contributed by atoms with Gasteiger partial charge in [-0.1, -0.05) is 48.7 Å². The van der Waals surface area contributed by atoms with Gasteiger partial charge in [0.05, 0.1) is 28.7 Å². The van der Waals surface area contributed by atoms with Crippen molar-refractivity contribution < 1.29 is 23.1 Å². The first-order chi connectivity index (χ1) is 16.6. The zero-order valence-corrected chi connectivity index (χ0v) is 20.7. The summed E-state index contributed by atoms with van der Waals surface area (Å²) in [6, 6.07) is 12.3. The van der Waals surface area contributed by atoms with Crippen LogP contribution in [0.3, 0.4) is 0 Å². The highest BCUT2D eigenvalue weighted by Crippen LogP contribution is 2.45. The van der Waals surface area contributed by atoms with Gasteiger partial charge in [0.2, 0.25) is 0 Å². The number of fused-ring (bicyclic) bond motifs is 1. The first kappa shape index (κ1) is 25.6. The Morgan fingerprint density at radius 3 is 2.46 bits per heavy atom. The van der Waals surface area contributed by atoms with Gasteiger partial charge in [0.15, 0.2) is 0 Å². The number of aliphatic carboxylic acids is 1. The molecule has 1 aromatic heterocycles. The lowest BCUT2D eigenvalue weighted by atomic mass is 9.85. The van der Waals surface area contributed by atoms with Gasteiger partial charge in [0.1, 0.15) is 0 Å². The summed E-state index contributed by atoms with van der Waals surface area (Å²) < 4.78 is 41.8. The van der Waals surface area contributed by atoms with Crippen molar-refractivity contribution in [3.63, 3.8) is 0 Å². The number of alkyl halides is 3. The van der Waals surface area contributed by atoms with Gasteiger partial charge in [-0.15, -0.1) is 0 Å². The summed E-state index contributed by atoms with van der Waals surface area (Å²) in [6.45, 7) is 2.02. The molecule has 35 heavy (non-hydrogen) atoms. The number of nitrogens with zero attached hydrogens (tertiary/aromatic N) is 1. The van der Waals surface area contributed by atoms with Gasteiger partial charge in [0.25, 0.3) is 0 Å². The molecule has 0 fully saturated rings. The highest BCUT2D eigenvalue weighted by Gasteiger charge is 2.33. The normalized spacial score (nSPS) is 16.7. The molecule has 1 heterocycles. The van der Waals surface area contributed by atoms with E-state index in [1.54, 1.807) is 12.1 Å². The van der Waals surface area contributed by atoms with E-state index >= 15 is 0 Å². The standard InChI is InChI=1S/C27H26Cl2F3NO2/c1-2-4-23(16-7-9-19(10-8-16)27(30,31)32)33-24(21-12-11-20(28)15-22(21)29)13-17-5-3-6-18(26(17)33)14-25(34)35/h7-13,15,18,23H,2-6,14H2,1H3,(H,34,35)/t18?,23-/m0/s1. The van der Waals surface area contributed by atoms with Crippen LogP contribution in [0.15, 0.2) is 48.5 Å². The maximum absolute atomic E-state index is 13.2. The van der Waals surface area contributed by atoms with Crippen LogP contribution >= 0.6 is 23.2 Å². The molecule has 8 heteroatoms. The fourth-order valence-corrected chi connectivity index (χ4v) is 5.70. The molecule has 0 spiro atoms. The Balaban J connectivity index is 1.94. The number of carboxylic acids is 1. The van der Waals surface area contributed by atoms with Gasteiger partial charge >= 0.3 is 12.1 Å². The molecule has 4 rings (SSSR count). The van der Waals surface area contributed by atoms with Crippen LogP contribution in [-0.4, -0.2) is 15.6 Å². The molecule has 3 nitrogen and oxygen atoms in total. The lowest BCUT2D eigenvalue weighted by Gasteiger charge is -2.30. The summed E-state index contributed by atoms with van der Waals surface area (Å²) in [7, 11) is 0. The molecule has 0 radical (unpaired) electrons. The monoisotopic (exact) mass is 523 g/mol. The van der Waals surface area contributed by atoms with Gasteiger partial charge in [-0.25, -0.2) is 0 Å². The van der Waals surface area contributed by atoms with Crippen LogP contribution in [0.1, 0.15) is 73.4 Å². The van der Waals surface area contributed by atoms with E-state index in [2.05, 4.69) is 10.6 Å². The third-order valence-electron chi connectivity index (χ3n) is 6.67. The van der Waals surface area contributed by atoms with Crippen LogP contribution in [0, 0.1) is 0 Å². The second kappa shape index (κ2) is 10.3. The summed E-state index contributed by atoms with van der Waals surface area (Å²) >= 11 is 12.7. The van der Waals surface area contributed by atoms with Crippen LogP contribution < -0.4 is 0 Å². The Morgan fingerprint density at radius 2 is 1.86 bits per heavy atom. The van der Waals surface area contributed by atoms with Crippen LogP contribution in [0.5, 0.6) is 0 Å². The fourth-order valence-electron chi connectivity index (χ4n) is 5.19. The van der Waals surface area contributed by atoms with E-state index in [4.69, 9.17) is 23.2 Å². The van der Waals surface area contributed by atoms with E-state index < -0.39 is 17.7 Å². The van der Waals surface area contributed by atoms with Crippen molar-refractivity contribution in [3.05, 3.63) is 81.0 Å². The predicted octanol–water partition coefficient (Wildman–Crippen LogP) is 8.76. The smallest absolute Gasteiger partial charge is 0.416 e. The Hall–Kier alpha value is -2.44. The van der Waals surface area contributed by atoms with Gasteiger partial charge in [-0.2, -0.15) is 13.2 Å². The summed E-state index contributed by atoms with van der Waals surface area (Å²) in [6.07, 6.45) is -0.538. The van der Waals surface area contributed by atoms with Crippen molar-refractivity contribution in [3.8, 4) is 11.3 Å². The van der Waals surface area contributed by atoms with Gasteiger partial charge in [0, 0.05) is 22.2 Å². The van der Waals surface area contributed by atoms with Crippen LogP contribution in [0.25, 0.3) is 11.3 Å². The van der Waals surface area contributed by atoms with Crippen molar-refractivity contribution in [2.24, 2.45) is 0 Å². The van der Waals surface area contributed by atoms with E-state index in [1.165, 1.54) is 12.1 Å². The summed E-state index contributed by atoms with van der Waals surface area (Å²) in [4.78, 5) is 11.7. The highest BCUT2D eigenvalue weighted by molar-refractivity contribution is 6.36. The van der Waals surface area contributed by atoms with E-state index in [1.807, 2.05) is 13.0 Å². The molecular formula is C27H26Cl2F3NO2. The number of benzene rings is 2. The number of carbonyl (C=O) groups is 1. The van der Waals surface area contributed by atoms with E-state index in [9.17, 15) is 23.1 Å². The summed E-state index contributed by atoms with van der Waals surface area (Å²) in [5.41, 5.74) is 3.63. The minimum atomic E-state index is -4.42. The number of hydrogen-bond acceptors (Lipinski definition) is 1. The average Bonchev–Trinajstić information content (AvgIpc) is 3.16. The second-order valence-electron chi connectivity index (χ2n) is 9.05. The van der Waals surface area contributed by atoms with E-state index in [0.717, 1.165) is 65.9 Å². The number of hydrogen-bond donors (Lipinski definition) is 1. The SMILES string of the molecule is CCC[C@@H](c1ccc(C(F)(F)F)cc1)n1c(-c2ccc(Cl)cc2Cl)cc2c1C(CC(=O)O)CCC2. The number of rotatable bonds is 7. The van der Waals surface area contributed by atoms with Crippen molar-refractivity contribution >= 4 is 29.2 Å². The Morgan fingerprint density at radius 1 is 1.14 bits per heavy atom. The average molecular weight is 524 g/mol. The van der Waals surface area contributed by atoms with Crippen LogP contribution in [0.4, 0.5) is 13.2 Å². The molecule has 2 atom stereocenters. The Kier molecular flexibility index (Phi) is 7.53. The topological polar surface area (TPSA) is 42.2 Å². The summed E-state index contributed by atoms with van der Waals surface area (Å²) in [5.74, 6) is -1.06. The van der Waals surface area contributed by atoms with Crippen molar-refractivity contribution in [2.45, 2.75) is 63.6 Å². The van der Waals surface area contributed by atoms with Crippen molar-refractivity contribution in [1.29, 1.82) is 0 Å². The minimum absolute atomic E-state index is 0.00331.